The molecule has 3 rings (SSSR count). The molecule has 24 heavy (non-hydrogen) atoms. The summed E-state index contributed by atoms with van der Waals surface area (Å²) in [6, 6.07) is 8.14. The molecule has 0 N–H and O–H groups in total. The first-order chi connectivity index (χ1) is 11.7. The van der Waals surface area contributed by atoms with Gasteiger partial charge in [-0.2, -0.15) is 5.10 Å². The van der Waals surface area contributed by atoms with Crippen LogP contribution >= 0.6 is 0 Å². The van der Waals surface area contributed by atoms with Gasteiger partial charge in [0.2, 0.25) is 5.91 Å². The average Bonchev–Trinajstić information content (AvgIpc) is 3.02. The van der Waals surface area contributed by atoms with Crippen molar-refractivity contribution in [3.05, 3.63) is 36.2 Å². The van der Waals surface area contributed by atoms with Crippen LogP contribution < -0.4 is 0 Å². The molecule has 2 aromatic rings. The Morgan fingerprint density at radius 1 is 1.29 bits per heavy atom. The van der Waals surface area contributed by atoms with Gasteiger partial charge in [0.25, 0.3) is 0 Å². The van der Waals surface area contributed by atoms with E-state index in [1.807, 2.05) is 28.8 Å². The first-order valence-electron chi connectivity index (χ1n) is 8.38. The Balaban J connectivity index is 1.60. The maximum absolute atomic E-state index is 11.9. The Morgan fingerprint density at radius 2 is 2.08 bits per heavy atom. The number of aromatic nitrogens is 3. The topological polar surface area (TPSA) is 60.2 Å². The normalized spacial score (nSPS) is 15.7. The number of nitrogens with zero attached hydrogens (tertiary/aromatic N) is 4. The van der Waals surface area contributed by atoms with Gasteiger partial charge >= 0.3 is 0 Å². The van der Waals surface area contributed by atoms with Crippen LogP contribution in [0.2, 0.25) is 0 Å². The molecule has 128 valence electrons. The second-order valence-corrected chi connectivity index (χ2v) is 6.32. The van der Waals surface area contributed by atoms with Crippen LogP contribution in [0.4, 0.5) is 0 Å². The Labute approximate surface area is 142 Å². The number of methoxy groups -OCH3 is 1. The van der Waals surface area contributed by atoms with E-state index in [4.69, 9.17) is 9.72 Å². The van der Waals surface area contributed by atoms with Gasteiger partial charge in [-0.25, -0.2) is 0 Å². The maximum atomic E-state index is 11.9. The van der Waals surface area contributed by atoms with Gasteiger partial charge in [-0.05, 0) is 43.4 Å². The summed E-state index contributed by atoms with van der Waals surface area (Å²) in [5, 5.41) is 4.21. The summed E-state index contributed by atoms with van der Waals surface area (Å²) in [6.45, 7) is 1.81. The number of likely N-dealkylation sites (tertiary alicyclic amines) is 1. The van der Waals surface area contributed by atoms with Gasteiger partial charge in [0, 0.05) is 39.1 Å². The fourth-order valence-electron chi connectivity index (χ4n) is 3.26. The SMILES string of the molecule is COCC(=O)N1CCC(Cc2cccc(-c3ccnn3C)n2)CC1. The molecule has 0 bridgehead atoms. The van der Waals surface area contributed by atoms with Crippen LogP contribution in [-0.4, -0.2) is 52.4 Å². The zero-order valence-electron chi connectivity index (χ0n) is 14.3. The van der Waals surface area contributed by atoms with Gasteiger partial charge in [0.1, 0.15) is 6.61 Å². The van der Waals surface area contributed by atoms with Crippen molar-refractivity contribution in [2.24, 2.45) is 13.0 Å². The van der Waals surface area contributed by atoms with E-state index in [0.717, 1.165) is 49.4 Å². The van der Waals surface area contributed by atoms with E-state index >= 15 is 0 Å². The van der Waals surface area contributed by atoms with E-state index < -0.39 is 0 Å². The van der Waals surface area contributed by atoms with Crippen molar-refractivity contribution in [2.45, 2.75) is 19.3 Å². The molecule has 1 saturated heterocycles. The quantitative estimate of drug-likeness (QED) is 0.841. The third-order valence-electron chi connectivity index (χ3n) is 4.62. The van der Waals surface area contributed by atoms with Gasteiger partial charge in [0.05, 0.1) is 11.4 Å². The van der Waals surface area contributed by atoms with E-state index in [9.17, 15) is 4.79 Å². The summed E-state index contributed by atoms with van der Waals surface area (Å²) in [5.74, 6) is 0.665. The highest BCUT2D eigenvalue weighted by Gasteiger charge is 2.23. The molecule has 0 spiro atoms. The minimum Gasteiger partial charge on any atom is -0.375 e. The highest BCUT2D eigenvalue weighted by atomic mass is 16.5. The lowest BCUT2D eigenvalue weighted by molar-refractivity contribution is -0.136. The highest BCUT2D eigenvalue weighted by molar-refractivity contribution is 5.77. The Kier molecular flexibility index (Phi) is 5.25. The molecule has 2 aromatic heterocycles. The lowest BCUT2D eigenvalue weighted by atomic mass is 9.92. The fraction of sp³-hybridized carbons (Fsp3) is 0.500. The largest absolute Gasteiger partial charge is 0.375 e. The number of aryl methyl sites for hydroxylation is 1. The van der Waals surface area contributed by atoms with Crippen LogP contribution in [0, 0.1) is 5.92 Å². The van der Waals surface area contributed by atoms with Crippen molar-refractivity contribution in [1.82, 2.24) is 19.7 Å². The number of amides is 1. The zero-order valence-corrected chi connectivity index (χ0v) is 14.3. The minimum atomic E-state index is 0.0901. The van der Waals surface area contributed by atoms with Crippen molar-refractivity contribution >= 4 is 5.91 Å². The molecule has 1 aliphatic heterocycles. The number of ether oxygens (including phenoxy) is 1. The summed E-state index contributed by atoms with van der Waals surface area (Å²) in [7, 11) is 3.49. The van der Waals surface area contributed by atoms with Gasteiger partial charge in [-0.3, -0.25) is 14.5 Å². The second-order valence-electron chi connectivity index (χ2n) is 6.32. The molecule has 0 aliphatic carbocycles. The molecule has 1 aliphatic rings. The van der Waals surface area contributed by atoms with E-state index in [2.05, 4.69) is 17.2 Å². The number of hydrogen-bond acceptors (Lipinski definition) is 4. The van der Waals surface area contributed by atoms with E-state index in [0.29, 0.717) is 5.92 Å². The number of carbonyl (C=O) groups excluding carboxylic acids is 1. The number of hydrogen-bond donors (Lipinski definition) is 0. The third kappa shape index (κ3) is 3.82. The molecular weight excluding hydrogens is 304 g/mol. The summed E-state index contributed by atoms with van der Waals surface area (Å²) < 4.78 is 6.77. The molecule has 0 unspecified atom stereocenters. The predicted molar refractivity (Wildman–Crippen MR) is 91.3 cm³/mol. The molecule has 3 heterocycles. The first kappa shape index (κ1) is 16.6. The van der Waals surface area contributed by atoms with Crippen molar-refractivity contribution in [1.29, 1.82) is 0 Å². The molecule has 0 saturated carbocycles. The van der Waals surface area contributed by atoms with E-state index in [-0.39, 0.29) is 12.5 Å². The van der Waals surface area contributed by atoms with Crippen molar-refractivity contribution in [3.8, 4) is 11.4 Å². The van der Waals surface area contributed by atoms with Gasteiger partial charge in [0.15, 0.2) is 0 Å². The second kappa shape index (κ2) is 7.57. The summed E-state index contributed by atoms with van der Waals surface area (Å²) in [4.78, 5) is 18.5. The fourth-order valence-corrected chi connectivity index (χ4v) is 3.26. The molecule has 0 radical (unpaired) electrons. The minimum absolute atomic E-state index is 0.0901. The van der Waals surface area contributed by atoms with Crippen LogP contribution in [0.1, 0.15) is 18.5 Å². The van der Waals surface area contributed by atoms with Crippen molar-refractivity contribution in [3.63, 3.8) is 0 Å². The Morgan fingerprint density at radius 3 is 2.75 bits per heavy atom. The molecule has 1 fully saturated rings. The molecule has 0 aromatic carbocycles. The highest BCUT2D eigenvalue weighted by Crippen LogP contribution is 2.23. The molecular formula is C18H24N4O2. The zero-order chi connectivity index (χ0) is 16.9. The van der Waals surface area contributed by atoms with Crippen LogP contribution in [0.15, 0.2) is 30.5 Å². The molecule has 6 heteroatoms. The van der Waals surface area contributed by atoms with Crippen molar-refractivity contribution in [2.75, 3.05) is 26.8 Å². The van der Waals surface area contributed by atoms with Crippen LogP contribution in [-0.2, 0) is 23.0 Å². The van der Waals surface area contributed by atoms with Crippen molar-refractivity contribution < 1.29 is 9.53 Å². The van der Waals surface area contributed by atoms with Crippen LogP contribution in [0.5, 0.6) is 0 Å². The van der Waals surface area contributed by atoms with Crippen LogP contribution in [0.25, 0.3) is 11.4 Å². The average molecular weight is 328 g/mol. The number of pyridine rings is 1. The lowest BCUT2D eigenvalue weighted by Crippen LogP contribution is -2.40. The monoisotopic (exact) mass is 328 g/mol. The smallest absolute Gasteiger partial charge is 0.248 e. The van der Waals surface area contributed by atoms with Gasteiger partial charge < -0.3 is 9.64 Å². The third-order valence-corrected chi connectivity index (χ3v) is 4.62. The number of piperidine rings is 1. The number of carbonyl (C=O) groups is 1. The summed E-state index contributed by atoms with van der Waals surface area (Å²) in [6.07, 6.45) is 4.79. The predicted octanol–water partition coefficient (Wildman–Crippen LogP) is 1.91. The maximum Gasteiger partial charge on any atom is 0.248 e. The standard InChI is InChI=1S/C18H24N4O2/c1-21-17(6-9-19-21)16-5-3-4-15(20-16)12-14-7-10-22(11-8-14)18(23)13-24-2/h3-6,9,14H,7-8,10-13H2,1-2H3. The van der Waals surface area contributed by atoms with Crippen LogP contribution in [0.3, 0.4) is 0 Å². The molecule has 6 nitrogen and oxygen atoms in total. The Hall–Kier alpha value is -2.21. The number of rotatable bonds is 5. The van der Waals surface area contributed by atoms with E-state index in [1.165, 1.54) is 0 Å². The molecule has 0 atom stereocenters. The van der Waals surface area contributed by atoms with E-state index in [1.54, 1.807) is 13.3 Å². The summed E-state index contributed by atoms with van der Waals surface area (Å²) in [5.41, 5.74) is 3.09. The first-order valence-corrected chi connectivity index (χ1v) is 8.38. The lowest BCUT2D eigenvalue weighted by Gasteiger charge is -2.31. The Bertz CT molecular complexity index is 690. The van der Waals surface area contributed by atoms with Gasteiger partial charge in [-0.1, -0.05) is 6.07 Å². The molecule has 1 amide bonds. The van der Waals surface area contributed by atoms with Gasteiger partial charge in [-0.15, -0.1) is 0 Å². The summed E-state index contributed by atoms with van der Waals surface area (Å²) >= 11 is 0.